The monoisotopic (exact) mass is 232 g/mol. The predicted molar refractivity (Wildman–Crippen MR) is 73.1 cm³/mol. The summed E-state index contributed by atoms with van der Waals surface area (Å²) >= 11 is 0. The second-order valence-corrected chi connectivity index (χ2v) is 5.17. The van der Waals surface area contributed by atoms with Crippen LogP contribution in [0.3, 0.4) is 0 Å². The van der Waals surface area contributed by atoms with Gasteiger partial charge in [-0.15, -0.1) is 0 Å². The summed E-state index contributed by atoms with van der Waals surface area (Å²) in [5.74, 6) is 0.797. The SMILES string of the molecule is CNCC1CCN(C(C)c2ccccc2)C1C. The van der Waals surface area contributed by atoms with Crippen LogP contribution in [0.25, 0.3) is 0 Å². The van der Waals surface area contributed by atoms with Gasteiger partial charge in [0.1, 0.15) is 0 Å². The van der Waals surface area contributed by atoms with E-state index in [9.17, 15) is 0 Å². The molecule has 2 nitrogen and oxygen atoms in total. The molecule has 1 aromatic rings. The second kappa shape index (κ2) is 5.65. The van der Waals surface area contributed by atoms with Crippen LogP contribution < -0.4 is 5.32 Å². The van der Waals surface area contributed by atoms with E-state index in [1.54, 1.807) is 0 Å². The van der Waals surface area contributed by atoms with E-state index in [0.29, 0.717) is 12.1 Å². The van der Waals surface area contributed by atoms with Gasteiger partial charge in [-0.2, -0.15) is 0 Å². The maximum absolute atomic E-state index is 3.31. The average molecular weight is 232 g/mol. The van der Waals surface area contributed by atoms with Gasteiger partial charge in [0.25, 0.3) is 0 Å². The Morgan fingerprint density at radius 3 is 2.71 bits per heavy atom. The summed E-state index contributed by atoms with van der Waals surface area (Å²) in [5, 5.41) is 3.31. The van der Waals surface area contributed by atoms with Gasteiger partial charge in [0, 0.05) is 12.1 Å². The minimum Gasteiger partial charge on any atom is -0.319 e. The van der Waals surface area contributed by atoms with E-state index < -0.39 is 0 Å². The highest BCUT2D eigenvalue weighted by molar-refractivity contribution is 5.19. The highest BCUT2D eigenvalue weighted by atomic mass is 15.2. The van der Waals surface area contributed by atoms with Crippen molar-refractivity contribution in [3.8, 4) is 0 Å². The Hall–Kier alpha value is -0.860. The largest absolute Gasteiger partial charge is 0.319 e. The summed E-state index contributed by atoms with van der Waals surface area (Å²) in [5.41, 5.74) is 1.43. The fourth-order valence-electron chi connectivity index (χ4n) is 3.03. The van der Waals surface area contributed by atoms with Crippen LogP contribution in [-0.2, 0) is 0 Å². The van der Waals surface area contributed by atoms with Gasteiger partial charge in [-0.1, -0.05) is 30.3 Å². The number of likely N-dealkylation sites (tertiary alicyclic amines) is 1. The lowest BCUT2D eigenvalue weighted by atomic mass is 10.0. The molecule has 0 bridgehead atoms. The lowest BCUT2D eigenvalue weighted by Crippen LogP contribution is -2.35. The topological polar surface area (TPSA) is 15.3 Å². The van der Waals surface area contributed by atoms with Crippen molar-refractivity contribution in [2.75, 3.05) is 20.1 Å². The number of rotatable bonds is 4. The van der Waals surface area contributed by atoms with Crippen LogP contribution in [0.4, 0.5) is 0 Å². The first-order valence-corrected chi connectivity index (χ1v) is 6.69. The van der Waals surface area contributed by atoms with Crippen molar-refractivity contribution in [3.63, 3.8) is 0 Å². The summed E-state index contributed by atoms with van der Waals surface area (Å²) < 4.78 is 0. The Balaban J connectivity index is 2.04. The maximum Gasteiger partial charge on any atom is 0.0322 e. The predicted octanol–water partition coefficient (Wildman–Crippen LogP) is 2.68. The first-order valence-electron chi connectivity index (χ1n) is 6.69. The Bertz CT molecular complexity index is 336. The van der Waals surface area contributed by atoms with Crippen molar-refractivity contribution in [2.45, 2.75) is 32.4 Å². The van der Waals surface area contributed by atoms with Gasteiger partial charge < -0.3 is 5.32 Å². The van der Waals surface area contributed by atoms with Crippen LogP contribution in [0.5, 0.6) is 0 Å². The van der Waals surface area contributed by atoms with E-state index >= 15 is 0 Å². The minimum atomic E-state index is 0.535. The van der Waals surface area contributed by atoms with Gasteiger partial charge in [0.05, 0.1) is 0 Å². The number of nitrogens with one attached hydrogen (secondary N) is 1. The van der Waals surface area contributed by atoms with E-state index in [2.05, 4.69) is 61.4 Å². The molecule has 1 aliphatic heterocycles. The van der Waals surface area contributed by atoms with Crippen LogP contribution in [-0.4, -0.2) is 31.1 Å². The fourth-order valence-corrected chi connectivity index (χ4v) is 3.03. The highest BCUT2D eigenvalue weighted by Gasteiger charge is 2.33. The van der Waals surface area contributed by atoms with E-state index in [1.165, 1.54) is 18.5 Å². The van der Waals surface area contributed by atoms with Crippen LogP contribution >= 0.6 is 0 Å². The minimum absolute atomic E-state index is 0.535. The summed E-state index contributed by atoms with van der Waals surface area (Å²) in [7, 11) is 2.05. The standard InChI is InChI=1S/C15H24N2/c1-12(14-7-5-4-6-8-14)17-10-9-15(11-16-3)13(17)2/h4-8,12-13,15-16H,9-11H2,1-3H3. The zero-order valence-electron chi connectivity index (χ0n) is 11.2. The molecule has 1 aromatic carbocycles. The van der Waals surface area contributed by atoms with Crippen molar-refractivity contribution >= 4 is 0 Å². The third-order valence-corrected chi connectivity index (χ3v) is 4.21. The summed E-state index contributed by atoms with van der Waals surface area (Å²) in [6.45, 7) is 7.06. The van der Waals surface area contributed by atoms with Crippen molar-refractivity contribution in [1.82, 2.24) is 10.2 Å². The first-order chi connectivity index (χ1) is 8.24. The lowest BCUT2D eigenvalue weighted by molar-refractivity contribution is 0.184. The zero-order valence-corrected chi connectivity index (χ0v) is 11.2. The molecule has 0 aliphatic carbocycles. The van der Waals surface area contributed by atoms with Crippen molar-refractivity contribution in [3.05, 3.63) is 35.9 Å². The molecular weight excluding hydrogens is 208 g/mol. The normalized spacial score (nSPS) is 27.2. The molecule has 94 valence electrons. The Kier molecular flexibility index (Phi) is 4.19. The highest BCUT2D eigenvalue weighted by Crippen LogP contribution is 2.32. The van der Waals surface area contributed by atoms with Crippen molar-refractivity contribution in [1.29, 1.82) is 0 Å². The molecule has 3 atom stereocenters. The van der Waals surface area contributed by atoms with E-state index in [4.69, 9.17) is 0 Å². The van der Waals surface area contributed by atoms with Crippen LogP contribution in [0.15, 0.2) is 30.3 Å². The number of hydrogen-bond acceptors (Lipinski definition) is 2. The number of nitrogens with zero attached hydrogens (tertiary/aromatic N) is 1. The molecule has 0 saturated carbocycles. The van der Waals surface area contributed by atoms with Crippen LogP contribution in [0.1, 0.15) is 31.9 Å². The lowest BCUT2D eigenvalue weighted by Gasteiger charge is -2.30. The molecule has 3 unspecified atom stereocenters. The van der Waals surface area contributed by atoms with E-state index in [1.807, 2.05) is 0 Å². The summed E-state index contributed by atoms with van der Waals surface area (Å²) in [6.07, 6.45) is 1.32. The van der Waals surface area contributed by atoms with Gasteiger partial charge in [0.2, 0.25) is 0 Å². The van der Waals surface area contributed by atoms with E-state index in [-0.39, 0.29) is 0 Å². The first kappa shape index (κ1) is 12.6. The molecule has 1 saturated heterocycles. The zero-order chi connectivity index (χ0) is 12.3. The average Bonchev–Trinajstić information content (AvgIpc) is 2.72. The fraction of sp³-hybridized carbons (Fsp3) is 0.600. The summed E-state index contributed by atoms with van der Waals surface area (Å²) in [4.78, 5) is 2.64. The quantitative estimate of drug-likeness (QED) is 0.858. The molecular formula is C15H24N2. The maximum atomic E-state index is 3.31. The molecule has 2 heteroatoms. The molecule has 17 heavy (non-hydrogen) atoms. The van der Waals surface area contributed by atoms with Gasteiger partial charge >= 0.3 is 0 Å². The summed E-state index contributed by atoms with van der Waals surface area (Å²) in [6, 6.07) is 12.1. The molecule has 2 rings (SSSR count). The molecule has 1 N–H and O–H groups in total. The molecule has 0 spiro atoms. The van der Waals surface area contributed by atoms with E-state index in [0.717, 1.165) is 12.5 Å². The van der Waals surface area contributed by atoms with Gasteiger partial charge in [0.15, 0.2) is 0 Å². The van der Waals surface area contributed by atoms with Gasteiger partial charge in [-0.3, -0.25) is 4.90 Å². The molecule has 1 heterocycles. The van der Waals surface area contributed by atoms with Gasteiger partial charge in [-0.25, -0.2) is 0 Å². The number of benzene rings is 1. The molecule has 0 aromatic heterocycles. The Labute approximate surface area is 105 Å². The molecule has 0 radical (unpaired) electrons. The van der Waals surface area contributed by atoms with Crippen molar-refractivity contribution in [2.24, 2.45) is 5.92 Å². The molecule has 1 fully saturated rings. The van der Waals surface area contributed by atoms with Gasteiger partial charge in [-0.05, 0) is 51.9 Å². The molecule has 0 amide bonds. The van der Waals surface area contributed by atoms with Crippen molar-refractivity contribution < 1.29 is 0 Å². The number of hydrogen-bond donors (Lipinski definition) is 1. The Morgan fingerprint density at radius 1 is 1.35 bits per heavy atom. The Morgan fingerprint density at radius 2 is 2.06 bits per heavy atom. The third-order valence-electron chi connectivity index (χ3n) is 4.21. The smallest absolute Gasteiger partial charge is 0.0322 e. The second-order valence-electron chi connectivity index (χ2n) is 5.17. The van der Waals surface area contributed by atoms with Crippen LogP contribution in [0.2, 0.25) is 0 Å². The third kappa shape index (κ3) is 2.70. The molecule has 1 aliphatic rings. The van der Waals surface area contributed by atoms with Crippen LogP contribution in [0, 0.1) is 5.92 Å².